The zero-order valence-electron chi connectivity index (χ0n) is 25.5. The number of aromatic nitrogens is 2. The van der Waals surface area contributed by atoms with Crippen LogP contribution in [-0.2, 0) is 0 Å². The normalized spacial score (nSPS) is 11.8. The summed E-state index contributed by atoms with van der Waals surface area (Å²) in [6, 6.07) is 61.7. The molecule has 10 rings (SSSR count). The number of hydrogen-bond acceptors (Lipinski definition) is 1. The average molecular weight is 617 g/mol. The summed E-state index contributed by atoms with van der Waals surface area (Å²) in [5.41, 5.74) is 12.3. The molecule has 2 nitrogen and oxygen atoms in total. The highest BCUT2D eigenvalue weighted by molar-refractivity contribution is 7.26. The molecule has 47 heavy (non-hydrogen) atoms. The van der Waals surface area contributed by atoms with E-state index in [2.05, 4.69) is 179 Å². The van der Waals surface area contributed by atoms with Crippen molar-refractivity contribution in [1.29, 1.82) is 0 Å². The van der Waals surface area contributed by atoms with Crippen molar-refractivity contribution < 1.29 is 0 Å². The zero-order chi connectivity index (χ0) is 30.9. The molecule has 0 N–H and O–H groups in total. The summed E-state index contributed by atoms with van der Waals surface area (Å²) >= 11 is 1.89. The van der Waals surface area contributed by atoms with Crippen molar-refractivity contribution in [2.75, 3.05) is 0 Å². The van der Waals surface area contributed by atoms with Gasteiger partial charge in [0.1, 0.15) is 0 Å². The molecule has 0 saturated carbocycles. The van der Waals surface area contributed by atoms with E-state index in [0.29, 0.717) is 0 Å². The summed E-state index contributed by atoms with van der Waals surface area (Å²) in [6.07, 6.45) is 0. The van der Waals surface area contributed by atoms with E-state index in [-0.39, 0.29) is 0 Å². The first-order valence-electron chi connectivity index (χ1n) is 16.0. The van der Waals surface area contributed by atoms with Crippen LogP contribution in [0.1, 0.15) is 0 Å². The van der Waals surface area contributed by atoms with Gasteiger partial charge in [-0.3, -0.25) is 0 Å². The van der Waals surface area contributed by atoms with Crippen LogP contribution >= 0.6 is 11.3 Å². The molecule has 7 aromatic carbocycles. The highest BCUT2D eigenvalue weighted by Crippen LogP contribution is 2.43. The minimum absolute atomic E-state index is 1.18. The van der Waals surface area contributed by atoms with Crippen LogP contribution in [0.15, 0.2) is 170 Å². The van der Waals surface area contributed by atoms with Gasteiger partial charge in [0, 0.05) is 37.6 Å². The lowest BCUT2D eigenvalue weighted by atomic mass is 9.98. The van der Waals surface area contributed by atoms with Crippen molar-refractivity contribution >= 4 is 64.3 Å². The fourth-order valence-electron chi connectivity index (χ4n) is 7.36. The molecule has 0 bridgehead atoms. The van der Waals surface area contributed by atoms with Crippen molar-refractivity contribution in [3.63, 3.8) is 0 Å². The summed E-state index contributed by atoms with van der Waals surface area (Å²) in [6.45, 7) is 0. The highest BCUT2D eigenvalue weighted by atomic mass is 32.1. The van der Waals surface area contributed by atoms with Crippen molar-refractivity contribution in [2.24, 2.45) is 0 Å². The Hall–Kier alpha value is -5.90. The predicted octanol–water partition coefficient (Wildman–Crippen LogP) is 12.4. The van der Waals surface area contributed by atoms with Crippen LogP contribution in [0.4, 0.5) is 0 Å². The molecular formula is C44H28N2S. The Kier molecular flexibility index (Phi) is 5.78. The standard InChI is InChI=1S/C44H28N2S/c1-3-11-33(12-4-1)45-39-17-9-7-15-35(39)38-27-31(24-26-41(38)45)29-19-21-30(22-20-29)32-23-25-37-42(28-32)47-44-36-16-8-10-18-40(36)46(43(37)44)34-13-5-2-6-14-34/h1-28H. The lowest BCUT2D eigenvalue weighted by Gasteiger charge is -2.09. The smallest absolute Gasteiger partial charge is 0.0727 e. The van der Waals surface area contributed by atoms with E-state index >= 15 is 0 Å². The molecule has 10 aromatic rings. The second-order valence-electron chi connectivity index (χ2n) is 12.2. The largest absolute Gasteiger partial charge is 0.309 e. The van der Waals surface area contributed by atoms with Crippen molar-refractivity contribution in [2.45, 2.75) is 0 Å². The van der Waals surface area contributed by atoms with Gasteiger partial charge in [-0.25, -0.2) is 0 Å². The van der Waals surface area contributed by atoms with Crippen LogP contribution in [0.3, 0.4) is 0 Å². The Morgan fingerprint density at radius 3 is 1.55 bits per heavy atom. The molecule has 0 radical (unpaired) electrons. The molecule has 0 aliphatic carbocycles. The summed E-state index contributed by atoms with van der Waals surface area (Å²) in [4.78, 5) is 0. The highest BCUT2D eigenvalue weighted by Gasteiger charge is 2.18. The topological polar surface area (TPSA) is 9.86 Å². The van der Waals surface area contributed by atoms with Crippen LogP contribution in [0.25, 0.3) is 86.6 Å². The van der Waals surface area contributed by atoms with E-state index in [1.165, 1.54) is 86.6 Å². The van der Waals surface area contributed by atoms with Gasteiger partial charge < -0.3 is 9.13 Å². The van der Waals surface area contributed by atoms with Crippen LogP contribution in [-0.4, -0.2) is 9.13 Å². The third kappa shape index (κ3) is 4.04. The molecule has 0 aliphatic rings. The van der Waals surface area contributed by atoms with Gasteiger partial charge in [0.05, 0.1) is 26.8 Å². The lowest BCUT2D eigenvalue weighted by Crippen LogP contribution is -1.92. The maximum atomic E-state index is 2.42. The van der Waals surface area contributed by atoms with Gasteiger partial charge in [-0.2, -0.15) is 0 Å². The van der Waals surface area contributed by atoms with E-state index in [4.69, 9.17) is 0 Å². The van der Waals surface area contributed by atoms with Crippen LogP contribution in [0.2, 0.25) is 0 Å². The van der Waals surface area contributed by atoms with Gasteiger partial charge in [-0.05, 0) is 76.9 Å². The number of para-hydroxylation sites is 4. The summed E-state index contributed by atoms with van der Waals surface area (Å²) < 4.78 is 7.45. The second-order valence-corrected chi connectivity index (χ2v) is 13.2. The maximum Gasteiger partial charge on any atom is 0.0727 e. The van der Waals surface area contributed by atoms with E-state index in [0.717, 1.165) is 0 Å². The first kappa shape index (κ1) is 26.3. The first-order valence-corrected chi connectivity index (χ1v) is 16.8. The third-order valence-corrected chi connectivity index (χ3v) is 10.7. The van der Waals surface area contributed by atoms with E-state index in [1.807, 2.05) is 11.3 Å². The predicted molar refractivity (Wildman–Crippen MR) is 201 cm³/mol. The number of fused-ring (bicyclic) bond motifs is 8. The summed E-state index contributed by atoms with van der Waals surface area (Å²) in [7, 11) is 0. The Morgan fingerprint density at radius 1 is 0.340 bits per heavy atom. The molecule has 3 heterocycles. The van der Waals surface area contributed by atoms with Crippen molar-refractivity contribution in [3.05, 3.63) is 170 Å². The molecule has 0 fully saturated rings. The molecular weight excluding hydrogens is 589 g/mol. The van der Waals surface area contributed by atoms with Gasteiger partial charge in [0.15, 0.2) is 0 Å². The average Bonchev–Trinajstić information content (AvgIpc) is 3.79. The number of thiophene rings is 1. The molecule has 0 aliphatic heterocycles. The Morgan fingerprint density at radius 2 is 0.851 bits per heavy atom. The van der Waals surface area contributed by atoms with Gasteiger partial charge in [-0.1, -0.05) is 115 Å². The number of rotatable bonds is 4. The maximum absolute atomic E-state index is 2.42. The fraction of sp³-hybridized carbons (Fsp3) is 0. The molecule has 0 saturated heterocycles. The Balaban J connectivity index is 1.05. The third-order valence-electron chi connectivity index (χ3n) is 9.53. The monoisotopic (exact) mass is 616 g/mol. The van der Waals surface area contributed by atoms with E-state index in [1.54, 1.807) is 0 Å². The molecule has 0 spiro atoms. The zero-order valence-corrected chi connectivity index (χ0v) is 26.3. The quantitative estimate of drug-likeness (QED) is 0.186. The minimum Gasteiger partial charge on any atom is -0.309 e. The van der Waals surface area contributed by atoms with Crippen molar-refractivity contribution in [3.8, 4) is 33.6 Å². The Labute approximate surface area is 276 Å². The minimum atomic E-state index is 1.18. The summed E-state index contributed by atoms with van der Waals surface area (Å²) in [5, 5.41) is 5.15. The fourth-order valence-corrected chi connectivity index (χ4v) is 8.62. The number of nitrogens with zero attached hydrogens (tertiary/aromatic N) is 2. The second kappa shape index (κ2) is 10.3. The molecule has 3 aromatic heterocycles. The molecule has 0 unspecified atom stereocenters. The van der Waals surface area contributed by atoms with Gasteiger partial charge in [-0.15, -0.1) is 11.3 Å². The van der Waals surface area contributed by atoms with E-state index < -0.39 is 0 Å². The summed E-state index contributed by atoms with van der Waals surface area (Å²) in [5.74, 6) is 0. The van der Waals surface area contributed by atoms with E-state index in [9.17, 15) is 0 Å². The lowest BCUT2D eigenvalue weighted by molar-refractivity contribution is 1.18. The molecule has 0 atom stereocenters. The molecule has 3 heteroatoms. The van der Waals surface area contributed by atoms with Crippen LogP contribution in [0, 0.1) is 0 Å². The molecule has 220 valence electrons. The Bertz CT molecular complexity index is 2760. The van der Waals surface area contributed by atoms with Gasteiger partial charge in [0.2, 0.25) is 0 Å². The van der Waals surface area contributed by atoms with Gasteiger partial charge in [0.25, 0.3) is 0 Å². The SMILES string of the molecule is c1ccc(-n2c3ccccc3c3cc(-c4ccc(-c5ccc6c(c5)sc5c7ccccc7n(-c7ccccc7)c65)cc4)ccc32)cc1. The van der Waals surface area contributed by atoms with Crippen LogP contribution < -0.4 is 0 Å². The van der Waals surface area contributed by atoms with Gasteiger partial charge >= 0.3 is 0 Å². The van der Waals surface area contributed by atoms with Crippen LogP contribution in [0.5, 0.6) is 0 Å². The molecule has 0 amide bonds. The first-order chi connectivity index (χ1) is 23.3. The number of benzene rings is 7. The van der Waals surface area contributed by atoms with Crippen molar-refractivity contribution in [1.82, 2.24) is 9.13 Å². The number of hydrogen-bond donors (Lipinski definition) is 0.